The lowest BCUT2D eigenvalue weighted by Gasteiger charge is -2.08. The molecule has 0 aliphatic heterocycles. The molecule has 7 heteroatoms. The molecule has 0 spiro atoms. The Kier molecular flexibility index (Phi) is 5.10. The van der Waals surface area contributed by atoms with Crippen molar-refractivity contribution in [2.45, 2.75) is 13.5 Å². The molecule has 2 aromatic rings. The Bertz CT molecular complexity index is 649. The minimum atomic E-state index is -0.451. The summed E-state index contributed by atoms with van der Waals surface area (Å²) >= 11 is 3.24. The SMILES string of the molecule is CCNc1cc(COc2cc(Br)cc([N+](=O)[O-])c2)ccn1. The van der Waals surface area contributed by atoms with Crippen molar-refractivity contribution in [1.29, 1.82) is 0 Å². The molecule has 0 saturated carbocycles. The van der Waals surface area contributed by atoms with Crippen LogP contribution in [0.2, 0.25) is 0 Å². The summed E-state index contributed by atoms with van der Waals surface area (Å²) in [5, 5.41) is 13.9. The molecule has 21 heavy (non-hydrogen) atoms. The second-order valence-electron chi connectivity index (χ2n) is 4.27. The van der Waals surface area contributed by atoms with Gasteiger partial charge < -0.3 is 10.1 Å². The van der Waals surface area contributed by atoms with Gasteiger partial charge in [0.05, 0.1) is 11.0 Å². The van der Waals surface area contributed by atoms with Crippen molar-refractivity contribution in [2.24, 2.45) is 0 Å². The highest BCUT2D eigenvalue weighted by Crippen LogP contribution is 2.26. The molecule has 1 aromatic carbocycles. The van der Waals surface area contributed by atoms with Gasteiger partial charge in [-0.05, 0) is 30.7 Å². The predicted octanol–water partition coefficient (Wildman–Crippen LogP) is 3.76. The molecule has 6 nitrogen and oxygen atoms in total. The first-order valence-corrected chi connectivity index (χ1v) is 7.14. The van der Waals surface area contributed by atoms with E-state index >= 15 is 0 Å². The van der Waals surface area contributed by atoms with Crippen molar-refractivity contribution in [3.05, 3.63) is 56.7 Å². The van der Waals surface area contributed by atoms with E-state index in [0.717, 1.165) is 17.9 Å². The number of pyridine rings is 1. The summed E-state index contributed by atoms with van der Waals surface area (Å²) in [5.74, 6) is 1.22. The molecule has 110 valence electrons. The maximum atomic E-state index is 10.8. The third-order valence-corrected chi connectivity index (χ3v) is 3.11. The first-order valence-electron chi connectivity index (χ1n) is 6.35. The fourth-order valence-electron chi connectivity index (χ4n) is 1.75. The van der Waals surface area contributed by atoms with E-state index in [2.05, 4.69) is 26.2 Å². The van der Waals surface area contributed by atoms with Gasteiger partial charge in [0, 0.05) is 23.3 Å². The van der Waals surface area contributed by atoms with Crippen LogP contribution >= 0.6 is 15.9 Å². The third kappa shape index (κ3) is 4.42. The van der Waals surface area contributed by atoms with Crippen molar-refractivity contribution >= 4 is 27.4 Å². The third-order valence-electron chi connectivity index (χ3n) is 2.65. The van der Waals surface area contributed by atoms with E-state index in [0.29, 0.717) is 16.8 Å². The Morgan fingerprint density at radius 1 is 1.38 bits per heavy atom. The maximum absolute atomic E-state index is 10.8. The lowest BCUT2D eigenvalue weighted by atomic mass is 10.2. The quantitative estimate of drug-likeness (QED) is 0.633. The first-order chi connectivity index (χ1) is 10.1. The number of ether oxygens (including phenoxy) is 1. The number of nitro groups is 1. The van der Waals surface area contributed by atoms with Gasteiger partial charge in [0.15, 0.2) is 0 Å². The van der Waals surface area contributed by atoms with Crippen LogP contribution in [0, 0.1) is 10.1 Å². The molecule has 0 radical (unpaired) electrons. The van der Waals surface area contributed by atoms with E-state index in [1.165, 1.54) is 12.1 Å². The number of aromatic nitrogens is 1. The van der Waals surface area contributed by atoms with Gasteiger partial charge in [-0.3, -0.25) is 10.1 Å². The largest absolute Gasteiger partial charge is 0.489 e. The van der Waals surface area contributed by atoms with E-state index < -0.39 is 4.92 Å². The van der Waals surface area contributed by atoms with E-state index in [1.54, 1.807) is 12.3 Å². The average Bonchev–Trinajstić information content (AvgIpc) is 2.45. The summed E-state index contributed by atoms with van der Waals surface area (Å²) in [6.07, 6.45) is 1.69. The molecule has 0 amide bonds. The molecule has 0 atom stereocenters. The highest BCUT2D eigenvalue weighted by Gasteiger charge is 2.09. The number of halogens is 1. The van der Waals surface area contributed by atoms with Crippen LogP contribution in [0.5, 0.6) is 5.75 Å². The second kappa shape index (κ2) is 7.03. The summed E-state index contributed by atoms with van der Waals surface area (Å²) in [6.45, 7) is 3.09. The summed E-state index contributed by atoms with van der Waals surface area (Å²) in [6, 6.07) is 8.25. The predicted molar refractivity (Wildman–Crippen MR) is 83.5 cm³/mol. The summed E-state index contributed by atoms with van der Waals surface area (Å²) in [4.78, 5) is 14.5. The minimum absolute atomic E-state index is 0.0116. The van der Waals surface area contributed by atoms with Crippen molar-refractivity contribution in [3.8, 4) is 5.75 Å². The van der Waals surface area contributed by atoms with E-state index in [4.69, 9.17) is 4.74 Å². The molecule has 1 heterocycles. The standard InChI is InChI=1S/C14H14BrN3O3/c1-2-16-14-5-10(3-4-17-14)9-21-13-7-11(15)6-12(8-13)18(19)20/h3-8H,2,9H2,1H3,(H,16,17). The van der Waals surface area contributed by atoms with Gasteiger partial charge in [-0.15, -0.1) is 0 Å². The van der Waals surface area contributed by atoms with E-state index in [-0.39, 0.29) is 5.69 Å². The number of benzene rings is 1. The minimum Gasteiger partial charge on any atom is -0.489 e. The Morgan fingerprint density at radius 3 is 2.90 bits per heavy atom. The molecule has 0 unspecified atom stereocenters. The fourth-order valence-corrected chi connectivity index (χ4v) is 2.21. The smallest absolute Gasteiger partial charge is 0.274 e. The van der Waals surface area contributed by atoms with Gasteiger partial charge in [0.25, 0.3) is 5.69 Å². The van der Waals surface area contributed by atoms with Crippen molar-refractivity contribution in [2.75, 3.05) is 11.9 Å². The van der Waals surface area contributed by atoms with Gasteiger partial charge in [-0.1, -0.05) is 15.9 Å². The highest BCUT2D eigenvalue weighted by molar-refractivity contribution is 9.10. The van der Waals surface area contributed by atoms with Crippen LogP contribution in [0.15, 0.2) is 41.0 Å². The molecule has 1 N–H and O–H groups in total. The normalized spacial score (nSPS) is 10.2. The summed E-state index contributed by atoms with van der Waals surface area (Å²) in [7, 11) is 0. The van der Waals surface area contributed by atoms with Gasteiger partial charge in [-0.2, -0.15) is 0 Å². The van der Waals surface area contributed by atoms with Gasteiger partial charge >= 0.3 is 0 Å². The van der Waals surface area contributed by atoms with Crippen LogP contribution in [-0.4, -0.2) is 16.5 Å². The molecule has 1 aromatic heterocycles. The zero-order chi connectivity index (χ0) is 15.2. The number of hydrogen-bond acceptors (Lipinski definition) is 5. The second-order valence-corrected chi connectivity index (χ2v) is 5.19. The topological polar surface area (TPSA) is 77.3 Å². The number of rotatable bonds is 6. The number of anilines is 1. The number of nitro benzene ring substituents is 1. The lowest BCUT2D eigenvalue weighted by molar-refractivity contribution is -0.385. The Labute approximate surface area is 130 Å². The molecular weight excluding hydrogens is 338 g/mol. The monoisotopic (exact) mass is 351 g/mol. The summed E-state index contributed by atoms with van der Waals surface area (Å²) in [5.41, 5.74) is 0.922. The van der Waals surface area contributed by atoms with Crippen LogP contribution in [0.1, 0.15) is 12.5 Å². The number of nitrogens with one attached hydrogen (secondary N) is 1. The van der Waals surface area contributed by atoms with Crippen LogP contribution < -0.4 is 10.1 Å². The number of hydrogen-bond donors (Lipinski definition) is 1. The van der Waals surface area contributed by atoms with Gasteiger partial charge in [0.2, 0.25) is 0 Å². The molecule has 2 rings (SSSR count). The fraction of sp³-hybridized carbons (Fsp3) is 0.214. The Hall–Kier alpha value is -2.15. The maximum Gasteiger partial charge on any atom is 0.274 e. The molecular formula is C14H14BrN3O3. The van der Waals surface area contributed by atoms with Crippen LogP contribution in [-0.2, 0) is 6.61 Å². The Balaban J connectivity index is 2.09. The van der Waals surface area contributed by atoms with Crippen molar-refractivity contribution in [3.63, 3.8) is 0 Å². The van der Waals surface area contributed by atoms with E-state index in [9.17, 15) is 10.1 Å². The summed E-state index contributed by atoms with van der Waals surface area (Å²) < 4.78 is 6.21. The van der Waals surface area contributed by atoms with Crippen LogP contribution in [0.4, 0.5) is 11.5 Å². The van der Waals surface area contributed by atoms with Gasteiger partial charge in [0.1, 0.15) is 18.2 Å². The molecule has 0 aliphatic carbocycles. The number of nitrogens with zero attached hydrogens (tertiary/aromatic N) is 2. The Morgan fingerprint density at radius 2 is 2.19 bits per heavy atom. The van der Waals surface area contributed by atoms with Gasteiger partial charge in [-0.25, -0.2) is 4.98 Å². The number of non-ortho nitro benzene ring substituents is 1. The zero-order valence-corrected chi connectivity index (χ0v) is 13.0. The molecule has 0 saturated heterocycles. The lowest BCUT2D eigenvalue weighted by Crippen LogP contribution is -2.01. The zero-order valence-electron chi connectivity index (χ0n) is 11.4. The molecule has 0 bridgehead atoms. The van der Waals surface area contributed by atoms with Crippen LogP contribution in [0.25, 0.3) is 0 Å². The van der Waals surface area contributed by atoms with Crippen molar-refractivity contribution in [1.82, 2.24) is 4.98 Å². The molecule has 0 aliphatic rings. The first kappa shape index (κ1) is 15.2. The highest BCUT2D eigenvalue weighted by atomic mass is 79.9. The van der Waals surface area contributed by atoms with E-state index in [1.807, 2.05) is 19.1 Å². The molecule has 0 fully saturated rings. The van der Waals surface area contributed by atoms with Crippen LogP contribution in [0.3, 0.4) is 0 Å². The average molecular weight is 352 g/mol. The van der Waals surface area contributed by atoms with Crippen molar-refractivity contribution < 1.29 is 9.66 Å².